The molecular formula is C17H30Cl2N4. The fourth-order valence-corrected chi connectivity index (χ4v) is 3.62. The van der Waals surface area contributed by atoms with Crippen LogP contribution in [0, 0.1) is 0 Å². The van der Waals surface area contributed by atoms with E-state index in [1.165, 1.54) is 44.1 Å². The zero-order valence-corrected chi connectivity index (χ0v) is 15.5. The summed E-state index contributed by atoms with van der Waals surface area (Å²) in [5, 5.41) is 0. The maximum absolute atomic E-state index is 6.04. The van der Waals surface area contributed by atoms with Crippen LogP contribution in [0.1, 0.15) is 68.7 Å². The van der Waals surface area contributed by atoms with Gasteiger partial charge in [0.05, 0.1) is 0 Å². The van der Waals surface area contributed by atoms with Crippen LogP contribution >= 0.6 is 24.8 Å². The van der Waals surface area contributed by atoms with E-state index in [0.717, 1.165) is 38.3 Å². The Kier molecular flexibility index (Phi) is 9.37. The van der Waals surface area contributed by atoms with Gasteiger partial charge in [-0.3, -0.25) is 4.90 Å². The van der Waals surface area contributed by atoms with Crippen molar-refractivity contribution >= 4 is 24.8 Å². The Hall–Kier alpha value is -0.420. The minimum absolute atomic E-state index is 0. The molecule has 2 N–H and O–H groups in total. The first-order chi connectivity index (χ1) is 10.3. The molecule has 0 amide bonds. The van der Waals surface area contributed by atoms with Gasteiger partial charge >= 0.3 is 0 Å². The standard InChI is InChI=1S/C17H28N4.2ClH/c18-16-7-4-9-21(10-8-16)13-14-11-19-17(20-12-14)15-5-2-1-3-6-15;;/h11-12,15-16H,1-10,13,18H2;2*1H. The predicted octanol–water partition coefficient (Wildman–Crippen LogP) is 3.68. The van der Waals surface area contributed by atoms with Gasteiger partial charge in [0.25, 0.3) is 0 Å². The molecule has 1 unspecified atom stereocenters. The van der Waals surface area contributed by atoms with E-state index in [9.17, 15) is 0 Å². The third-order valence-corrected chi connectivity index (χ3v) is 4.97. The molecule has 0 radical (unpaired) electrons. The first-order valence-electron chi connectivity index (χ1n) is 8.60. The van der Waals surface area contributed by atoms with Gasteiger partial charge in [0.2, 0.25) is 0 Å². The van der Waals surface area contributed by atoms with Crippen molar-refractivity contribution < 1.29 is 0 Å². The Morgan fingerprint density at radius 3 is 2.30 bits per heavy atom. The minimum Gasteiger partial charge on any atom is -0.328 e. The maximum atomic E-state index is 6.04. The summed E-state index contributed by atoms with van der Waals surface area (Å²) in [6.45, 7) is 3.22. The summed E-state index contributed by atoms with van der Waals surface area (Å²) in [7, 11) is 0. The molecule has 1 saturated carbocycles. The number of halogens is 2. The van der Waals surface area contributed by atoms with E-state index in [1.54, 1.807) is 0 Å². The molecule has 1 saturated heterocycles. The molecule has 23 heavy (non-hydrogen) atoms. The number of aromatic nitrogens is 2. The van der Waals surface area contributed by atoms with E-state index in [0.29, 0.717) is 12.0 Å². The molecule has 1 atom stereocenters. The summed E-state index contributed by atoms with van der Waals surface area (Å²) >= 11 is 0. The topological polar surface area (TPSA) is 55.0 Å². The molecule has 2 heterocycles. The largest absolute Gasteiger partial charge is 0.328 e. The maximum Gasteiger partial charge on any atom is 0.131 e. The molecule has 6 heteroatoms. The lowest BCUT2D eigenvalue weighted by molar-refractivity contribution is 0.275. The second-order valence-corrected chi connectivity index (χ2v) is 6.75. The minimum atomic E-state index is 0. The third kappa shape index (κ3) is 6.18. The lowest BCUT2D eigenvalue weighted by Gasteiger charge is -2.21. The van der Waals surface area contributed by atoms with E-state index >= 15 is 0 Å². The van der Waals surface area contributed by atoms with Gasteiger partial charge in [-0.05, 0) is 45.2 Å². The molecule has 2 aliphatic rings. The molecular weight excluding hydrogens is 331 g/mol. The summed E-state index contributed by atoms with van der Waals surface area (Å²) in [4.78, 5) is 11.8. The normalized spacial score (nSPS) is 23.4. The predicted molar refractivity (Wildman–Crippen MR) is 99.5 cm³/mol. The van der Waals surface area contributed by atoms with Gasteiger partial charge in [-0.15, -0.1) is 24.8 Å². The lowest BCUT2D eigenvalue weighted by Crippen LogP contribution is -2.26. The number of rotatable bonds is 3. The second kappa shape index (κ2) is 10.4. The molecule has 0 aromatic carbocycles. The van der Waals surface area contributed by atoms with Gasteiger partial charge in [0, 0.05) is 36.5 Å². The monoisotopic (exact) mass is 360 g/mol. The van der Waals surface area contributed by atoms with Gasteiger partial charge in [0.1, 0.15) is 5.82 Å². The molecule has 1 aliphatic heterocycles. The van der Waals surface area contributed by atoms with Gasteiger partial charge in [-0.25, -0.2) is 9.97 Å². The van der Waals surface area contributed by atoms with Crippen LogP contribution in [0.3, 0.4) is 0 Å². The summed E-state index contributed by atoms with van der Waals surface area (Å²) in [5.74, 6) is 1.67. The molecule has 1 aliphatic carbocycles. The quantitative estimate of drug-likeness (QED) is 0.892. The van der Waals surface area contributed by atoms with Crippen molar-refractivity contribution in [3.05, 3.63) is 23.8 Å². The number of nitrogens with two attached hydrogens (primary N) is 1. The lowest BCUT2D eigenvalue weighted by atomic mass is 9.89. The molecule has 4 nitrogen and oxygen atoms in total. The van der Waals surface area contributed by atoms with E-state index in [2.05, 4.69) is 14.9 Å². The van der Waals surface area contributed by atoms with Crippen molar-refractivity contribution in [1.82, 2.24) is 14.9 Å². The number of nitrogens with zero attached hydrogens (tertiary/aromatic N) is 3. The van der Waals surface area contributed by atoms with E-state index < -0.39 is 0 Å². The van der Waals surface area contributed by atoms with Crippen molar-refractivity contribution in [3.8, 4) is 0 Å². The Morgan fingerprint density at radius 1 is 0.913 bits per heavy atom. The summed E-state index contributed by atoms with van der Waals surface area (Å²) in [6.07, 6.45) is 14.2. The van der Waals surface area contributed by atoms with Crippen LogP contribution in [0.4, 0.5) is 0 Å². The number of hydrogen-bond acceptors (Lipinski definition) is 4. The van der Waals surface area contributed by atoms with Gasteiger partial charge in [-0.1, -0.05) is 19.3 Å². The number of likely N-dealkylation sites (tertiary alicyclic amines) is 1. The van der Waals surface area contributed by atoms with E-state index in [1.807, 2.05) is 12.4 Å². The van der Waals surface area contributed by atoms with Crippen molar-refractivity contribution in [2.24, 2.45) is 5.73 Å². The molecule has 3 rings (SSSR count). The van der Waals surface area contributed by atoms with Crippen LogP contribution in [0.25, 0.3) is 0 Å². The summed E-state index contributed by atoms with van der Waals surface area (Å²) in [6, 6.07) is 0.389. The van der Waals surface area contributed by atoms with Crippen LogP contribution in [0.2, 0.25) is 0 Å². The fraction of sp³-hybridized carbons (Fsp3) is 0.765. The van der Waals surface area contributed by atoms with Crippen molar-refractivity contribution in [2.75, 3.05) is 13.1 Å². The first-order valence-corrected chi connectivity index (χ1v) is 8.60. The van der Waals surface area contributed by atoms with Crippen molar-refractivity contribution in [2.45, 2.75) is 69.9 Å². The Morgan fingerprint density at radius 2 is 1.61 bits per heavy atom. The van der Waals surface area contributed by atoms with Gasteiger partial charge in [-0.2, -0.15) is 0 Å². The highest BCUT2D eigenvalue weighted by atomic mass is 35.5. The molecule has 1 aromatic heterocycles. The van der Waals surface area contributed by atoms with Crippen LogP contribution in [-0.2, 0) is 6.54 Å². The Bertz CT molecular complexity index is 435. The zero-order chi connectivity index (χ0) is 14.5. The molecule has 0 bridgehead atoms. The van der Waals surface area contributed by atoms with Crippen LogP contribution < -0.4 is 5.73 Å². The van der Waals surface area contributed by atoms with Gasteiger partial charge < -0.3 is 5.73 Å². The van der Waals surface area contributed by atoms with Crippen molar-refractivity contribution in [3.63, 3.8) is 0 Å². The van der Waals surface area contributed by atoms with Crippen LogP contribution in [-0.4, -0.2) is 34.0 Å². The molecule has 132 valence electrons. The highest BCUT2D eigenvalue weighted by Crippen LogP contribution is 2.30. The SMILES string of the molecule is Cl.Cl.NC1CCCN(Cc2cnc(C3CCCCC3)nc2)CC1. The first kappa shape index (κ1) is 20.6. The third-order valence-electron chi connectivity index (χ3n) is 4.97. The van der Waals surface area contributed by atoms with E-state index in [-0.39, 0.29) is 24.8 Å². The average Bonchev–Trinajstić information content (AvgIpc) is 2.74. The Labute approximate surface area is 152 Å². The average molecular weight is 361 g/mol. The van der Waals surface area contributed by atoms with Crippen LogP contribution in [0.15, 0.2) is 12.4 Å². The second-order valence-electron chi connectivity index (χ2n) is 6.75. The van der Waals surface area contributed by atoms with E-state index in [4.69, 9.17) is 5.73 Å². The zero-order valence-electron chi connectivity index (χ0n) is 13.8. The molecule has 2 fully saturated rings. The van der Waals surface area contributed by atoms with Gasteiger partial charge in [0.15, 0.2) is 0 Å². The number of hydrogen-bond donors (Lipinski definition) is 1. The smallest absolute Gasteiger partial charge is 0.131 e. The molecule has 0 spiro atoms. The Balaban J connectivity index is 0.00000132. The van der Waals surface area contributed by atoms with Crippen LogP contribution in [0.5, 0.6) is 0 Å². The highest BCUT2D eigenvalue weighted by molar-refractivity contribution is 5.85. The van der Waals surface area contributed by atoms with Crippen molar-refractivity contribution in [1.29, 1.82) is 0 Å². The fourth-order valence-electron chi connectivity index (χ4n) is 3.62. The molecule has 1 aromatic rings. The highest BCUT2D eigenvalue weighted by Gasteiger charge is 2.18. The summed E-state index contributed by atoms with van der Waals surface area (Å²) < 4.78 is 0. The summed E-state index contributed by atoms with van der Waals surface area (Å²) in [5.41, 5.74) is 7.28.